The van der Waals surface area contributed by atoms with E-state index >= 15 is 0 Å². The number of halogens is 1. The Balaban J connectivity index is 1.68. The van der Waals surface area contributed by atoms with Gasteiger partial charge in [0.1, 0.15) is 5.82 Å². The number of benzene rings is 1. The highest BCUT2D eigenvalue weighted by Crippen LogP contribution is 2.32. The summed E-state index contributed by atoms with van der Waals surface area (Å²) in [6.07, 6.45) is 1.58. The lowest BCUT2D eigenvalue weighted by Gasteiger charge is -2.35. The molecule has 0 aromatic heterocycles. The van der Waals surface area contributed by atoms with Crippen molar-refractivity contribution >= 4 is 15.7 Å². The lowest BCUT2D eigenvalue weighted by Crippen LogP contribution is -2.49. The van der Waals surface area contributed by atoms with Gasteiger partial charge >= 0.3 is 0 Å². The summed E-state index contributed by atoms with van der Waals surface area (Å²) in [4.78, 5) is 1.91. The minimum Gasteiger partial charge on any atom is -0.367 e. The van der Waals surface area contributed by atoms with Crippen LogP contribution in [0.15, 0.2) is 24.3 Å². The third kappa shape index (κ3) is 2.47. The van der Waals surface area contributed by atoms with E-state index in [4.69, 9.17) is 0 Å². The summed E-state index contributed by atoms with van der Waals surface area (Å²) in [5, 5.41) is -0.160. The molecular weight excluding hydrogens is 267 g/mol. The Hall–Kier alpha value is -1.14. The van der Waals surface area contributed by atoms with E-state index in [-0.39, 0.29) is 11.1 Å². The maximum absolute atomic E-state index is 13.7. The molecule has 0 bridgehead atoms. The average Bonchev–Trinajstić information content (AvgIpc) is 3.24. The Bertz CT molecular complexity index is 564. The fraction of sp³-hybridized carbons (Fsp3) is 0.538. The number of nitrogens with zero attached hydrogens (tertiary/aromatic N) is 2. The Kier molecular flexibility index (Phi) is 3.22. The first-order chi connectivity index (χ1) is 9.09. The summed E-state index contributed by atoms with van der Waals surface area (Å²) >= 11 is 0. The predicted molar refractivity (Wildman–Crippen MR) is 72.1 cm³/mol. The monoisotopic (exact) mass is 284 g/mol. The van der Waals surface area contributed by atoms with Crippen molar-refractivity contribution in [3.05, 3.63) is 30.1 Å². The van der Waals surface area contributed by atoms with Gasteiger partial charge in [0.2, 0.25) is 10.0 Å². The molecule has 2 fully saturated rings. The van der Waals surface area contributed by atoms with Crippen molar-refractivity contribution in [2.45, 2.75) is 18.1 Å². The van der Waals surface area contributed by atoms with Gasteiger partial charge in [0.05, 0.1) is 10.9 Å². The SMILES string of the molecule is O=S(=O)(C1CC1)N1CCN(c2ccccc2F)CC1. The highest BCUT2D eigenvalue weighted by atomic mass is 32.2. The molecule has 0 spiro atoms. The fourth-order valence-corrected chi connectivity index (χ4v) is 4.29. The minimum absolute atomic E-state index is 0.160. The molecule has 2 aliphatic rings. The molecule has 1 saturated heterocycles. The number of anilines is 1. The van der Waals surface area contributed by atoms with Gasteiger partial charge in [-0.25, -0.2) is 12.8 Å². The quantitative estimate of drug-likeness (QED) is 0.843. The van der Waals surface area contributed by atoms with Crippen LogP contribution in [-0.2, 0) is 10.0 Å². The van der Waals surface area contributed by atoms with Gasteiger partial charge in [0, 0.05) is 26.2 Å². The van der Waals surface area contributed by atoms with Crippen molar-refractivity contribution < 1.29 is 12.8 Å². The van der Waals surface area contributed by atoms with Crippen LogP contribution in [0.2, 0.25) is 0 Å². The molecule has 1 saturated carbocycles. The molecule has 6 heteroatoms. The second-order valence-electron chi connectivity index (χ2n) is 5.08. The molecule has 1 aliphatic heterocycles. The maximum Gasteiger partial charge on any atom is 0.217 e. The lowest BCUT2D eigenvalue weighted by molar-refractivity contribution is 0.382. The van der Waals surface area contributed by atoms with E-state index in [0.29, 0.717) is 31.9 Å². The summed E-state index contributed by atoms with van der Waals surface area (Å²) in [5.74, 6) is -0.249. The van der Waals surface area contributed by atoms with E-state index in [9.17, 15) is 12.8 Å². The van der Waals surface area contributed by atoms with Crippen LogP contribution in [0.1, 0.15) is 12.8 Å². The van der Waals surface area contributed by atoms with Gasteiger partial charge in [0.25, 0.3) is 0 Å². The first-order valence-electron chi connectivity index (χ1n) is 6.57. The molecule has 0 amide bonds. The van der Waals surface area contributed by atoms with Crippen LogP contribution in [0, 0.1) is 5.82 Å². The molecular formula is C13H17FN2O2S. The number of sulfonamides is 1. The van der Waals surface area contributed by atoms with E-state index in [1.165, 1.54) is 6.07 Å². The lowest BCUT2D eigenvalue weighted by atomic mass is 10.2. The van der Waals surface area contributed by atoms with E-state index < -0.39 is 10.0 Å². The summed E-state index contributed by atoms with van der Waals surface area (Å²) in [5.41, 5.74) is 0.561. The second-order valence-corrected chi connectivity index (χ2v) is 7.29. The summed E-state index contributed by atoms with van der Waals surface area (Å²) < 4.78 is 39.4. The third-order valence-electron chi connectivity index (χ3n) is 3.74. The summed E-state index contributed by atoms with van der Waals surface area (Å²) in [7, 11) is -3.09. The third-order valence-corrected chi connectivity index (χ3v) is 6.14. The van der Waals surface area contributed by atoms with Gasteiger partial charge in [-0.3, -0.25) is 0 Å². The van der Waals surface area contributed by atoms with E-state index in [2.05, 4.69) is 0 Å². The molecule has 0 N–H and O–H groups in total. The Morgan fingerprint density at radius 2 is 1.68 bits per heavy atom. The zero-order valence-corrected chi connectivity index (χ0v) is 11.4. The molecule has 4 nitrogen and oxygen atoms in total. The highest BCUT2D eigenvalue weighted by Gasteiger charge is 2.41. The smallest absolute Gasteiger partial charge is 0.217 e. The zero-order chi connectivity index (χ0) is 13.5. The van der Waals surface area contributed by atoms with Crippen LogP contribution in [0.4, 0.5) is 10.1 Å². The van der Waals surface area contributed by atoms with Crippen molar-refractivity contribution in [1.82, 2.24) is 4.31 Å². The largest absolute Gasteiger partial charge is 0.367 e. The molecule has 0 unspecified atom stereocenters. The zero-order valence-electron chi connectivity index (χ0n) is 10.6. The normalized spacial score (nSPS) is 21.6. The van der Waals surface area contributed by atoms with E-state index in [1.54, 1.807) is 22.5 Å². The van der Waals surface area contributed by atoms with Gasteiger partial charge in [-0.1, -0.05) is 12.1 Å². The van der Waals surface area contributed by atoms with E-state index in [1.807, 2.05) is 4.90 Å². The first-order valence-corrected chi connectivity index (χ1v) is 8.08. The van der Waals surface area contributed by atoms with Gasteiger partial charge in [-0.05, 0) is 25.0 Å². The van der Waals surface area contributed by atoms with Crippen LogP contribution in [0.25, 0.3) is 0 Å². The predicted octanol–water partition coefficient (Wildman–Crippen LogP) is 1.44. The van der Waals surface area contributed by atoms with Gasteiger partial charge in [0.15, 0.2) is 0 Å². The van der Waals surface area contributed by atoms with Crippen molar-refractivity contribution in [2.75, 3.05) is 31.1 Å². The Morgan fingerprint density at radius 1 is 1.05 bits per heavy atom. The van der Waals surface area contributed by atoms with Crippen molar-refractivity contribution in [1.29, 1.82) is 0 Å². The van der Waals surface area contributed by atoms with Gasteiger partial charge in [-0.15, -0.1) is 0 Å². The van der Waals surface area contributed by atoms with Crippen molar-refractivity contribution in [2.24, 2.45) is 0 Å². The Morgan fingerprint density at radius 3 is 2.26 bits per heavy atom. The fourth-order valence-electron chi connectivity index (χ4n) is 2.47. The number of hydrogen-bond donors (Lipinski definition) is 0. The van der Waals surface area contributed by atoms with Crippen LogP contribution >= 0.6 is 0 Å². The first kappa shape index (κ1) is 12.9. The summed E-state index contributed by atoms with van der Waals surface area (Å²) in [6, 6.07) is 6.63. The molecule has 104 valence electrons. The molecule has 1 aromatic carbocycles. The van der Waals surface area contributed by atoms with Gasteiger partial charge in [-0.2, -0.15) is 4.31 Å². The number of piperazine rings is 1. The van der Waals surface area contributed by atoms with Crippen LogP contribution < -0.4 is 4.90 Å². The molecule has 0 radical (unpaired) electrons. The molecule has 1 aromatic rings. The minimum atomic E-state index is -3.09. The number of para-hydroxylation sites is 1. The number of rotatable bonds is 3. The molecule has 3 rings (SSSR count). The topological polar surface area (TPSA) is 40.6 Å². The maximum atomic E-state index is 13.7. The average molecular weight is 284 g/mol. The molecule has 0 atom stereocenters. The van der Waals surface area contributed by atoms with Crippen LogP contribution in [-0.4, -0.2) is 44.2 Å². The Labute approximate surface area is 112 Å². The molecule has 1 aliphatic carbocycles. The van der Waals surface area contributed by atoms with Gasteiger partial charge < -0.3 is 4.90 Å². The van der Waals surface area contributed by atoms with Crippen molar-refractivity contribution in [3.63, 3.8) is 0 Å². The molecule has 1 heterocycles. The number of hydrogen-bond acceptors (Lipinski definition) is 3. The highest BCUT2D eigenvalue weighted by molar-refractivity contribution is 7.90. The standard InChI is InChI=1S/C13H17FN2O2S/c14-12-3-1-2-4-13(12)15-7-9-16(10-8-15)19(17,18)11-5-6-11/h1-4,11H,5-10H2. The van der Waals surface area contributed by atoms with E-state index in [0.717, 1.165) is 12.8 Å². The summed E-state index contributed by atoms with van der Waals surface area (Å²) in [6.45, 7) is 2.00. The van der Waals surface area contributed by atoms with Crippen molar-refractivity contribution in [3.8, 4) is 0 Å². The second kappa shape index (κ2) is 4.76. The van der Waals surface area contributed by atoms with Crippen LogP contribution in [0.3, 0.4) is 0 Å². The molecule has 19 heavy (non-hydrogen) atoms. The van der Waals surface area contributed by atoms with Crippen LogP contribution in [0.5, 0.6) is 0 Å².